The molecule has 0 aliphatic carbocycles. The van der Waals surface area contributed by atoms with Gasteiger partial charge in [0.1, 0.15) is 6.04 Å². The Morgan fingerprint density at radius 3 is 2.55 bits per heavy atom. The number of carbonyl (C=O) groups is 2. The minimum atomic E-state index is -0.801. The van der Waals surface area contributed by atoms with Crippen molar-refractivity contribution in [3.05, 3.63) is 51.2 Å². The van der Waals surface area contributed by atoms with E-state index in [9.17, 15) is 9.59 Å². The lowest BCUT2D eigenvalue weighted by Crippen LogP contribution is -2.75. The number of piperazine rings is 1. The van der Waals surface area contributed by atoms with Gasteiger partial charge in [-0.05, 0) is 80.4 Å². The monoisotopic (exact) mass is 665 g/mol. The van der Waals surface area contributed by atoms with E-state index in [4.69, 9.17) is 9.57 Å². The maximum atomic E-state index is 14.2. The molecule has 0 saturated carbocycles. The van der Waals surface area contributed by atoms with Gasteiger partial charge in [0.15, 0.2) is 0 Å². The number of benzene rings is 1. The van der Waals surface area contributed by atoms with E-state index in [1.807, 2.05) is 4.90 Å². The molecule has 2 amide bonds. The summed E-state index contributed by atoms with van der Waals surface area (Å²) < 4.78 is 6.39. The molecule has 256 valence electrons. The number of ether oxygens (including phenoxy) is 1. The van der Waals surface area contributed by atoms with Crippen molar-refractivity contribution in [2.24, 2.45) is 0 Å². The molecule has 12 heteroatoms. The molecule has 5 fully saturated rings. The maximum absolute atomic E-state index is 14.2. The number of thiophene rings is 1. The molecule has 1 aromatic carbocycles. The van der Waals surface area contributed by atoms with Gasteiger partial charge in [-0.15, -0.1) is 11.3 Å². The molecule has 2 unspecified atom stereocenters. The molecule has 47 heavy (non-hydrogen) atoms. The second-order valence-corrected chi connectivity index (χ2v) is 14.9. The third kappa shape index (κ3) is 6.78. The Morgan fingerprint density at radius 2 is 1.81 bits per heavy atom. The van der Waals surface area contributed by atoms with Crippen LogP contribution >= 0.6 is 11.3 Å². The number of carbonyl (C=O) groups excluding carboxylic acids is 2. The Hall–Kier alpha value is -2.74. The maximum Gasteiger partial charge on any atom is 0.427 e. The van der Waals surface area contributed by atoms with Crippen LogP contribution in [0.1, 0.15) is 61.1 Å². The van der Waals surface area contributed by atoms with Gasteiger partial charge in [-0.1, -0.05) is 37.1 Å². The highest BCUT2D eigenvalue weighted by Gasteiger charge is 2.60. The molecule has 6 aliphatic rings. The summed E-state index contributed by atoms with van der Waals surface area (Å²) in [7, 11) is 2.19. The van der Waals surface area contributed by atoms with Crippen molar-refractivity contribution in [3.63, 3.8) is 0 Å². The van der Waals surface area contributed by atoms with Crippen LogP contribution in [-0.4, -0.2) is 120 Å². The fourth-order valence-electron chi connectivity index (χ4n) is 8.14. The number of nitrogens with one attached hydrogen (secondary N) is 2. The highest BCUT2D eigenvalue weighted by molar-refractivity contribution is 7.10. The number of hydrogen-bond acceptors (Lipinski definition) is 10. The number of rotatable bonds is 9. The van der Waals surface area contributed by atoms with Crippen molar-refractivity contribution < 1.29 is 19.2 Å². The average molecular weight is 666 g/mol. The van der Waals surface area contributed by atoms with Crippen LogP contribution in [0.25, 0.3) is 0 Å². The van der Waals surface area contributed by atoms with Crippen LogP contribution < -0.4 is 10.6 Å². The molecule has 8 rings (SSSR count). The van der Waals surface area contributed by atoms with E-state index in [1.165, 1.54) is 28.8 Å². The summed E-state index contributed by atoms with van der Waals surface area (Å²) in [6, 6.07) is 8.44. The fraction of sp³-hybridized carbons (Fsp3) is 0.657. The van der Waals surface area contributed by atoms with Gasteiger partial charge in [-0.25, -0.2) is 9.69 Å². The Balaban J connectivity index is 1.04. The summed E-state index contributed by atoms with van der Waals surface area (Å²) in [6.07, 6.45) is 5.81. The molecule has 3 atom stereocenters. The minimum Gasteiger partial charge on any atom is -0.371 e. The molecule has 2 bridgehead atoms. The van der Waals surface area contributed by atoms with Crippen LogP contribution in [-0.2, 0) is 40.2 Å². The second kappa shape index (κ2) is 14.0. The number of amides is 2. The van der Waals surface area contributed by atoms with Crippen molar-refractivity contribution in [1.29, 1.82) is 0 Å². The molecule has 0 spiro atoms. The first-order valence-electron chi connectivity index (χ1n) is 17.7. The van der Waals surface area contributed by atoms with Gasteiger partial charge in [-0.2, -0.15) is 0 Å². The van der Waals surface area contributed by atoms with Crippen molar-refractivity contribution >= 4 is 29.0 Å². The number of hydrogen-bond donors (Lipinski definition) is 2. The smallest absolute Gasteiger partial charge is 0.371 e. The number of piperidine rings is 2. The molecule has 1 aromatic heterocycles. The summed E-state index contributed by atoms with van der Waals surface area (Å²) in [5.41, 5.74) is 4.83. The number of anilines is 1. The molecule has 2 N–H and O–H groups in total. The van der Waals surface area contributed by atoms with Crippen molar-refractivity contribution in [1.82, 2.24) is 30.0 Å². The third-order valence-electron chi connectivity index (χ3n) is 11.0. The van der Waals surface area contributed by atoms with Crippen LogP contribution in [0.2, 0.25) is 0 Å². The van der Waals surface area contributed by atoms with Crippen LogP contribution in [0, 0.1) is 0 Å². The Bertz CT molecular complexity index is 1410. The third-order valence-corrected chi connectivity index (χ3v) is 11.9. The zero-order valence-electron chi connectivity index (χ0n) is 28.2. The van der Waals surface area contributed by atoms with Gasteiger partial charge < -0.3 is 30.0 Å². The molecule has 2 aromatic rings. The van der Waals surface area contributed by atoms with Gasteiger partial charge in [0.05, 0.1) is 18.5 Å². The lowest BCUT2D eigenvalue weighted by atomic mass is 9.95. The summed E-state index contributed by atoms with van der Waals surface area (Å²) in [5, 5.41) is 10.3. The number of aryl methyl sites for hydroxylation is 2. The Labute approximate surface area is 283 Å². The van der Waals surface area contributed by atoms with Crippen molar-refractivity contribution in [2.45, 2.75) is 89.4 Å². The van der Waals surface area contributed by atoms with Gasteiger partial charge >= 0.3 is 6.09 Å². The van der Waals surface area contributed by atoms with E-state index in [1.54, 1.807) is 16.4 Å². The quantitative estimate of drug-likeness (QED) is 0.416. The number of hydroxylamine groups is 2. The topological polar surface area (TPSA) is 92.9 Å². The van der Waals surface area contributed by atoms with E-state index in [0.717, 1.165) is 69.7 Å². The average Bonchev–Trinajstić information content (AvgIpc) is 3.56. The van der Waals surface area contributed by atoms with E-state index >= 15 is 0 Å². The lowest BCUT2D eigenvalue weighted by molar-refractivity contribution is -0.440. The van der Waals surface area contributed by atoms with Crippen molar-refractivity contribution in [3.8, 4) is 0 Å². The number of nitrogens with zero attached hydrogens (tertiary/aromatic N) is 5. The highest BCUT2D eigenvalue weighted by Crippen LogP contribution is 2.47. The number of likely N-dealkylation sites (tertiary alicyclic amines) is 1. The molecular formula is C35H51N7O4S. The van der Waals surface area contributed by atoms with Gasteiger partial charge in [0.25, 0.3) is 0 Å². The summed E-state index contributed by atoms with van der Waals surface area (Å²) >= 11 is 1.72. The second-order valence-electron chi connectivity index (χ2n) is 13.9. The van der Waals surface area contributed by atoms with Gasteiger partial charge in [0.2, 0.25) is 11.8 Å². The molecule has 11 nitrogen and oxygen atoms in total. The van der Waals surface area contributed by atoms with Gasteiger partial charge in [-0.3, -0.25) is 9.69 Å². The van der Waals surface area contributed by atoms with E-state index < -0.39 is 18.0 Å². The first-order valence-corrected chi connectivity index (χ1v) is 18.5. The largest absolute Gasteiger partial charge is 0.427 e. The van der Waals surface area contributed by atoms with Crippen LogP contribution in [0.3, 0.4) is 0 Å². The molecular weight excluding hydrogens is 614 g/mol. The predicted octanol–water partition coefficient (Wildman–Crippen LogP) is 3.70. The van der Waals surface area contributed by atoms with Gasteiger partial charge in [0, 0.05) is 63.0 Å². The van der Waals surface area contributed by atoms with E-state index in [2.05, 4.69) is 75.9 Å². The fourth-order valence-corrected chi connectivity index (χ4v) is 9.01. The predicted molar refractivity (Wildman–Crippen MR) is 183 cm³/mol. The molecule has 6 aliphatic heterocycles. The van der Waals surface area contributed by atoms with Crippen LogP contribution in [0.5, 0.6) is 0 Å². The zero-order chi connectivity index (χ0) is 32.5. The first kappa shape index (κ1) is 32.8. The summed E-state index contributed by atoms with van der Waals surface area (Å²) in [4.78, 5) is 44.3. The van der Waals surface area contributed by atoms with E-state index in [-0.39, 0.29) is 12.0 Å². The highest BCUT2D eigenvalue weighted by atomic mass is 32.1. The Morgan fingerprint density at radius 1 is 1.04 bits per heavy atom. The molecule has 7 heterocycles. The van der Waals surface area contributed by atoms with Crippen molar-refractivity contribution in [2.75, 3.05) is 64.8 Å². The van der Waals surface area contributed by atoms with E-state index in [0.29, 0.717) is 38.8 Å². The SMILES string of the molecule is CCc1ccc(C[C@@H](NC(=O)ON2CCC3CC2(N2CNc4ccsc4C2)O3)C(=O)N2CCN(C3CCN(C)CC3)CC2)cc1CC. The normalized spacial score (nSPS) is 26.6. The van der Waals surface area contributed by atoms with Crippen LogP contribution in [0.15, 0.2) is 29.6 Å². The lowest BCUT2D eigenvalue weighted by Gasteiger charge is -2.61. The summed E-state index contributed by atoms with van der Waals surface area (Å²) in [5.74, 6) is -0.841. The first-order chi connectivity index (χ1) is 22.8. The number of fused-ring (bicyclic) bond motifs is 3. The molecule has 5 saturated heterocycles. The summed E-state index contributed by atoms with van der Waals surface area (Å²) in [6.45, 7) is 11.6. The Kier molecular flexibility index (Phi) is 9.77. The van der Waals surface area contributed by atoms with Crippen LogP contribution in [0.4, 0.5) is 10.5 Å². The molecule has 0 radical (unpaired) electrons. The standard InChI is InChI=1S/C35H51N7O4S/c1-4-26-7-6-25(20-27(26)5-2)21-31(33(43)40-17-15-39(16-18-40)28-8-12-38(3)13-9-28)37-34(44)46-42-14-10-29-22-35(42,45-29)41-23-32-30(36-24-41)11-19-47-32/h6-7,11,19-20,28-29,31,36H,4-5,8-10,12-18,21-24H2,1-3H3,(H,37,44)/t29?,31-,35?/m1/s1. The zero-order valence-corrected chi connectivity index (χ0v) is 29.0. The minimum absolute atomic E-state index is 0.0404.